The van der Waals surface area contributed by atoms with Crippen molar-refractivity contribution in [2.75, 3.05) is 33.3 Å². The summed E-state index contributed by atoms with van der Waals surface area (Å²) in [6, 6.07) is 13.3. The van der Waals surface area contributed by atoms with Gasteiger partial charge in [0.1, 0.15) is 6.61 Å². The van der Waals surface area contributed by atoms with Crippen molar-refractivity contribution in [3.8, 4) is 11.5 Å². The van der Waals surface area contributed by atoms with E-state index in [0.29, 0.717) is 30.2 Å². The fourth-order valence-electron chi connectivity index (χ4n) is 3.74. The highest BCUT2D eigenvalue weighted by atomic mass is 35.5. The van der Waals surface area contributed by atoms with Crippen LogP contribution < -0.4 is 9.47 Å². The second-order valence-corrected chi connectivity index (χ2v) is 8.84. The van der Waals surface area contributed by atoms with E-state index in [4.69, 9.17) is 21.1 Å². The Kier molecular flexibility index (Phi) is 7.63. The zero-order chi connectivity index (χ0) is 22.3. The van der Waals surface area contributed by atoms with Gasteiger partial charge in [0, 0.05) is 48.7 Å². The Labute approximate surface area is 197 Å². The normalized spacial score (nSPS) is 14.8. The van der Waals surface area contributed by atoms with Gasteiger partial charge >= 0.3 is 0 Å². The van der Waals surface area contributed by atoms with Gasteiger partial charge in [0.2, 0.25) is 0 Å². The van der Waals surface area contributed by atoms with Crippen LogP contribution in [0.5, 0.6) is 11.5 Å². The Morgan fingerprint density at radius 2 is 1.94 bits per heavy atom. The topological polar surface area (TPSA) is 54.9 Å². The second-order valence-electron chi connectivity index (χ2n) is 7.68. The Balaban J connectivity index is 1.37. The van der Waals surface area contributed by atoms with Crippen LogP contribution in [0.15, 0.2) is 53.4 Å². The van der Waals surface area contributed by atoms with Crippen molar-refractivity contribution in [3.63, 3.8) is 0 Å². The third kappa shape index (κ3) is 5.79. The van der Waals surface area contributed by atoms with Crippen molar-refractivity contribution in [2.24, 2.45) is 0 Å². The van der Waals surface area contributed by atoms with Crippen LogP contribution in [0, 0.1) is 0 Å². The van der Waals surface area contributed by atoms with E-state index in [-0.39, 0.29) is 5.91 Å². The van der Waals surface area contributed by atoms with Crippen LogP contribution in [-0.4, -0.2) is 54.0 Å². The lowest BCUT2D eigenvalue weighted by atomic mass is 10.1. The molecule has 6 nitrogen and oxygen atoms in total. The van der Waals surface area contributed by atoms with Crippen molar-refractivity contribution in [2.45, 2.75) is 19.6 Å². The number of hydrogen-bond acceptors (Lipinski definition) is 6. The first-order chi connectivity index (χ1) is 15.6. The van der Waals surface area contributed by atoms with E-state index in [1.807, 2.05) is 22.4 Å². The lowest BCUT2D eigenvalue weighted by Gasteiger charge is -2.22. The van der Waals surface area contributed by atoms with Crippen molar-refractivity contribution < 1.29 is 14.3 Å². The molecule has 0 atom stereocenters. The van der Waals surface area contributed by atoms with Gasteiger partial charge < -0.3 is 14.4 Å². The average Bonchev–Trinajstić information content (AvgIpc) is 3.23. The Morgan fingerprint density at radius 1 is 1.09 bits per heavy atom. The fourth-order valence-corrected chi connectivity index (χ4v) is 4.41. The van der Waals surface area contributed by atoms with Crippen LogP contribution in [-0.2, 0) is 13.2 Å². The van der Waals surface area contributed by atoms with E-state index in [1.54, 1.807) is 30.8 Å². The molecule has 168 valence electrons. The van der Waals surface area contributed by atoms with Crippen LogP contribution in [0.1, 0.15) is 28.0 Å². The van der Waals surface area contributed by atoms with Crippen LogP contribution in [0.4, 0.5) is 0 Å². The number of halogens is 1. The number of nitrogens with zero attached hydrogens (tertiary/aromatic N) is 3. The zero-order valence-electron chi connectivity index (χ0n) is 18.0. The van der Waals surface area contributed by atoms with Gasteiger partial charge in [0.15, 0.2) is 11.5 Å². The molecule has 1 amide bonds. The molecule has 0 bridgehead atoms. The van der Waals surface area contributed by atoms with Crippen LogP contribution in [0.25, 0.3) is 0 Å². The zero-order valence-corrected chi connectivity index (χ0v) is 19.6. The van der Waals surface area contributed by atoms with Gasteiger partial charge in [-0.3, -0.25) is 9.69 Å². The minimum atomic E-state index is 0.0164. The summed E-state index contributed by atoms with van der Waals surface area (Å²) in [6.45, 7) is 4.44. The molecule has 2 aromatic carbocycles. The molecule has 3 aromatic rings. The SMILES string of the molecule is COc1cc(C(=O)N2CCCN(Cc3ccc(Cl)cc3)CC2)ccc1OCc1cscn1. The summed E-state index contributed by atoms with van der Waals surface area (Å²) in [7, 11) is 1.58. The van der Waals surface area contributed by atoms with Crippen molar-refractivity contribution in [1.29, 1.82) is 0 Å². The van der Waals surface area contributed by atoms with E-state index in [2.05, 4.69) is 22.0 Å². The largest absolute Gasteiger partial charge is 0.493 e. The number of methoxy groups -OCH3 is 1. The molecule has 0 unspecified atom stereocenters. The lowest BCUT2D eigenvalue weighted by molar-refractivity contribution is 0.0760. The maximum Gasteiger partial charge on any atom is 0.254 e. The predicted octanol–water partition coefficient (Wildman–Crippen LogP) is 4.73. The van der Waals surface area contributed by atoms with E-state index in [0.717, 1.165) is 43.3 Å². The molecule has 1 aliphatic rings. The molecule has 1 fully saturated rings. The maximum absolute atomic E-state index is 13.2. The van der Waals surface area contributed by atoms with E-state index >= 15 is 0 Å². The predicted molar refractivity (Wildman–Crippen MR) is 127 cm³/mol. The van der Waals surface area contributed by atoms with Gasteiger partial charge in [0.25, 0.3) is 5.91 Å². The van der Waals surface area contributed by atoms with Gasteiger partial charge in [-0.2, -0.15) is 0 Å². The summed E-state index contributed by atoms with van der Waals surface area (Å²) in [5.41, 5.74) is 4.47. The maximum atomic E-state index is 13.2. The molecule has 4 rings (SSSR count). The molecule has 0 saturated carbocycles. The highest BCUT2D eigenvalue weighted by Gasteiger charge is 2.21. The number of hydrogen-bond donors (Lipinski definition) is 0. The van der Waals surface area contributed by atoms with E-state index < -0.39 is 0 Å². The number of benzene rings is 2. The van der Waals surface area contributed by atoms with Gasteiger partial charge in [-0.1, -0.05) is 23.7 Å². The van der Waals surface area contributed by atoms with Crippen molar-refractivity contribution >= 4 is 28.8 Å². The number of amides is 1. The summed E-state index contributed by atoms with van der Waals surface area (Å²) in [5, 5.41) is 2.69. The van der Waals surface area contributed by atoms with Gasteiger partial charge in [-0.25, -0.2) is 4.98 Å². The second kappa shape index (κ2) is 10.8. The van der Waals surface area contributed by atoms with Crippen LogP contribution in [0.2, 0.25) is 5.02 Å². The average molecular weight is 472 g/mol. The molecule has 0 spiro atoms. The highest BCUT2D eigenvalue weighted by molar-refractivity contribution is 7.07. The van der Waals surface area contributed by atoms with Crippen LogP contribution in [0.3, 0.4) is 0 Å². The molecule has 8 heteroatoms. The monoisotopic (exact) mass is 471 g/mol. The molecule has 2 heterocycles. The number of thiazole rings is 1. The molecule has 0 radical (unpaired) electrons. The minimum Gasteiger partial charge on any atom is -0.493 e. The molecule has 0 N–H and O–H groups in total. The Bertz CT molecular complexity index is 1030. The number of carbonyl (C=O) groups is 1. The van der Waals surface area contributed by atoms with Gasteiger partial charge in [-0.05, 0) is 42.3 Å². The molecule has 1 aliphatic heterocycles. The molecular weight excluding hydrogens is 446 g/mol. The first-order valence-corrected chi connectivity index (χ1v) is 11.9. The number of ether oxygens (including phenoxy) is 2. The van der Waals surface area contributed by atoms with Gasteiger partial charge in [0.05, 0.1) is 18.3 Å². The summed E-state index contributed by atoms with van der Waals surface area (Å²) in [4.78, 5) is 21.7. The Hall–Kier alpha value is -2.61. The first kappa shape index (κ1) is 22.6. The summed E-state index contributed by atoms with van der Waals surface area (Å²) >= 11 is 7.52. The quantitative estimate of drug-likeness (QED) is 0.498. The molecule has 1 saturated heterocycles. The smallest absolute Gasteiger partial charge is 0.254 e. The molecular formula is C24H26ClN3O3S. The first-order valence-electron chi connectivity index (χ1n) is 10.6. The third-order valence-corrected chi connectivity index (χ3v) is 6.35. The summed E-state index contributed by atoms with van der Waals surface area (Å²) in [5.74, 6) is 1.16. The number of carbonyl (C=O) groups excluding carboxylic acids is 1. The third-order valence-electron chi connectivity index (χ3n) is 5.46. The van der Waals surface area contributed by atoms with Crippen LogP contribution >= 0.6 is 22.9 Å². The minimum absolute atomic E-state index is 0.0164. The molecule has 32 heavy (non-hydrogen) atoms. The fraction of sp³-hybridized carbons (Fsp3) is 0.333. The Morgan fingerprint density at radius 3 is 2.69 bits per heavy atom. The van der Waals surface area contributed by atoms with E-state index in [1.165, 1.54) is 16.9 Å². The number of aromatic nitrogens is 1. The standard InChI is InChI=1S/C24H26ClN3O3S/c1-30-23-13-19(5-8-22(23)31-15-21-16-32-17-26-21)24(29)28-10-2-9-27(11-12-28)14-18-3-6-20(25)7-4-18/h3-8,13,16-17H,2,9-12,14-15H2,1H3. The van der Waals surface area contributed by atoms with E-state index in [9.17, 15) is 4.79 Å². The van der Waals surface area contributed by atoms with Crippen molar-refractivity contribution in [3.05, 3.63) is 75.2 Å². The number of rotatable bonds is 7. The summed E-state index contributed by atoms with van der Waals surface area (Å²) in [6.07, 6.45) is 0.936. The molecule has 1 aromatic heterocycles. The van der Waals surface area contributed by atoms with Crippen molar-refractivity contribution in [1.82, 2.24) is 14.8 Å². The van der Waals surface area contributed by atoms with Gasteiger partial charge in [-0.15, -0.1) is 11.3 Å². The molecule has 0 aliphatic carbocycles. The summed E-state index contributed by atoms with van der Waals surface area (Å²) < 4.78 is 11.3. The lowest BCUT2D eigenvalue weighted by Crippen LogP contribution is -2.35. The highest BCUT2D eigenvalue weighted by Crippen LogP contribution is 2.29.